The van der Waals surface area contributed by atoms with Crippen LogP contribution in [0.2, 0.25) is 0 Å². The van der Waals surface area contributed by atoms with E-state index in [9.17, 15) is 0 Å². The van der Waals surface area contributed by atoms with Gasteiger partial charge in [-0.05, 0) is 37.1 Å². The first kappa shape index (κ1) is 13.4. The molecule has 1 fully saturated rings. The molecule has 100 valence electrons. The summed E-state index contributed by atoms with van der Waals surface area (Å²) in [6.45, 7) is 4.51. The van der Waals surface area contributed by atoms with Crippen molar-refractivity contribution in [1.82, 2.24) is 4.90 Å². The Balaban J connectivity index is 2.18. The SMILES string of the molecule is CCCN1CCC(N)C1c1ccc(N(C)C)cc1. The molecule has 0 radical (unpaired) electrons. The molecule has 18 heavy (non-hydrogen) atoms. The van der Waals surface area contributed by atoms with Crippen LogP contribution in [0.5, 0.6) is 0 Å². The van der Waals surface area contributed by atoms with E-state index in [1.165, 1.54) is 17.7 Å². The minimum Gasteiger partial charge on any atom is -0.378 e. The van der Waals surface area contributed by atoms with Crippen LogP contribution in [-0.4, -0.2) is 38.1 Å². The molecule has 0 amide bonds. The normalized spacial score (nSPS) is 24.4. The zero-order valence-corrected chi connectivity index (χ0v) is 11.8. The lowest BCUT2D eigenvalue weighted by Gasteiger charge is -2.27. The van der Waals surface area contributed by atoms with Crippen LogP contribution in [-0.2, 0) is 0 Å². The first-order valence-corrected chi connectivity index (χ1v) is 6.90. The molecule has 3 nitrogen and oxygen atoms in total. The molecule has 2 atom stereocenters. The Kier molecular flexibility index (Phi) is 4.25. The van der Waals surface area contributed by atoms with E-state index >= 15 is 0 Å². The quantitative estimate of drug-likeness (QED) is 0.885. The number of nitrogens with zero attached hydrogens (tertiary/aromatic N) is 2. The zero-order valence-electron chi connectivity index (χ0n) is 11.8. The highest BCUT2D eigenvalue weighted by Gasteiger charge is 2.31. The van der Waals surface area contributed by atoms with Gasteiger partial charge in [0.1, 0.15) is 0 Å². The summed E-state index contributed by atoms with van der Waals surface area (Å²) in [6, 6.07) is 9.51. The number of hydrogen-bond donors (Lipinski definition) is 1. The molecule has 0 aromatic heterocycles. The summed E-state index contributed by atoms with van der Waals surface area (Å²) >= 11 is 0. The van der Waals surface area contributed by atoms with Crippen LogP contribution in [0.25, 0.3) is 0 Å². The maximum atomic E-state index is 6.28. The van der Waals surface area contributed by atoms with Gasteiger partial charge in [0.2, 0.25) is 0 Å². The molecule has 1 aromatic rings. The van der Waals surface area contributed by atoms with Gasteiger partial charge in [-0.15, -0.1) is 0 Å². The summed E-state index contributed by atoms with van der Waals surface area (Å²) in [5.41, 5.74) is 8.88. The topological polar surface area (TPSA) is 32.5 Å². The maximum Gasteiger partial charge on any atom is 0.0499 e. The average molecular weight is 247 g/mol. The minimum atomic E-state index is 0.279. The van der Waals surface area contributed by atoms with Crippen molar-refractivity contribution in [3.63, 3.8) is 0 Å². The molecule has 0 saturated carbocycles. The highest BCUT2D eigenvalue weighted by atomic mass is 15.2. The van der Waals surface area contributed by atoms with Crippen molar-refractivity contribution in [1.29, 1.82) is 0 Å². The molecule has 2 unspecified atom stereocenters. The van der Waals surface area contributed by atoms with Gasteiger partial charge in [-0.1, -0.05) is 19.1 Å². The minimum absolute atomic E-state index is 0.279. The molecule has 3 heteroatoms. The summed E-state index contributed by atoms with van der Waals surface area (Å²) in [5.74, 6) is 0. The van der Waals surface area contributed by atoms with Gasteiger partial charge in [0.05, 0.1) is 0 Å². The summed E-state index contributed by atoms with van der Waals surface area (Å²) in [5, 5.41) is 0. The van der Waals surface area contributed by atoms with Gasteiger partial charge in [-0.2, -0.15) is 0 Å². The Labute approximate surface area is 111 Å². The highest BCUT2D eigenvalue weighted by Crippen LogP contribution is 2.31. The van der Waals surface area contributed by atoms with Crippen molar-refractivity contribution in [2.45, 2.75) is 31.8 Å². The van der Waals surface area contributed by atoms with Crippen LogP contribution in [0.3, 0.4) is 0 Å². The van der Waals surface area contributed by atoms with Crippen LogP contribution in [0.4, 0.5) is 5.69 Å². The molecule has 2 N–H and O–H groups in total. The second kappa shape index (κ2) is 5.72. The molecule has 1 aliphatic heterocycles. The van der Waals surface area contributed by atoms with Crippen LogP contribution in [0.1, 0.15) is 31.4 Å². The second-order valence-corrected chi connectivity index (χ2v) is 5.42. The van der Waals surface area contributed by atoms with Crippen molar-refractivity contribution in [2.75, 3.05) is 32.1 Å². The van der Waals surface area contributed by atoms with Gasteiger partial charge < -0.3 is 10.6 Å². The lowest BCUT2D eigenvalue weighted by atomic mass is 10.0. The highest BCUT2D eigenvalue weighted by molar-refractivity contribution is 5.46. The molecule has 1 saturated heterocycles. The molecule has 1 heterocycles. The van der Waals surface area contributed by atoms with Crippen LogP contribution < -0.4 is 10.6 Å². The van der Waals surface area contributed by atoms with Gasteiger partial charge in [-0.3, -0.25) is 4.90 Å². The molecule has 2 rings (SSSR count). The van der Waals surface area contributed by atoms with E-state index in [4.69, 9.17) is 5.73 Å². The smallest absolute Gasteiger partial charge is 0.0499 e. The van der Waals surface area contributed by atoms with Gasteiger partial charge >= 0.3 is 0 Å². The Bertz CT molecular complexity index is 370. The van der Waals surface area contributed by atoms with Gasteiger partial charge in [0.15, 0.2) is 0 Å². The lowest BCUT2D eigenvalue weighted by molar-refractivity contribution is 0.248. The third-order valence-corrected chi connectivity index (χ3v) is 3.81. The fourth-order valence-electron chi connectivity index (χ4n) is 2.85. The van der Waals surface area contributed by atoms with Crippen LogP contribution >= 0.6 is 0 Å². The monoisotopic (exact) mass is 247 g/mol. The Morgan fingerprint density at radius 3 is 2.50 bits per heavy atom. The number of likely N-dealkylation sites (tertiary alicyclic amines) is 1. The Morgan fingerprint density at radius 1 is 1.28 bits per heavy atom. The van der Waals surface area contributed by atoms with E-state index in [1.54, 1.807) is 0 Å². The largest absolute Gasteiger partial charge is 0.378 e. The predicted molar refractivity (Wildman–Crippen MR) is 78.0 cm³/mol. The summed E-state index contributed by atoms with van der Waals surface area (Å²) in [6.07, 6.45) is 2.30. The van der Waals surface area contributed by atoms with Gasteiger partial charge in [-0.25, -0.2) is 0 Å². The molecule has 0 aliphatic carbocycles. The van der Waals surface area contributed by atoms with E-state index in [2.05, 4.69) is 55.1 Å². The summed E-state index contributed by atoms with van der Waals surface area (Å²) in [7, 11) is 4.14. The van der Waals surface area contributed by atoms with E-state index < -0.39 is 0 Å². The maximum absolute atomic E-state index is 6.28. The first-order valence-electron chi connectivity index (χ1n) is 6.90. The van der Waals surface area contributed by atoms with Gasteiger partial charge in [0.25, 0.3) is 0 Å². The number of rotatable bonds is 4. The van der Waals surface area contributed by atoms with E-state index in [0.29, 0.717) is 6.04 Å². The third kappa shape index (κ3) is 2.68. The number of hydrogen-bond acceptors (Lipinski definition) is 3. The fraction of sp³-hybridized carbons (Fsp3) is 0.600. The van der Waals surface area contributed by atoms with Crippen molar-refractivity contribution in [3.05, 3.63) is 29.8 Å². The van der Waals surface area contributed by atoms with E-state index in [-0.39, 0.29) is 6.04 Å². The number of benzene rings is 1. The number of nitrogens with two attached hydrogens (primary N) is 1. The van der Waals surface area contributed by atoms with Crippen molar-refractivity contribution in [3.8, 4) is 0 Å². The zero-order chi connectivity index (χ0) is 13.1. The van der Waals surface area contributed by atoms with Crippen LogP contribution in [0.15, 0.2) is 24.3 Å². The Morgan fingerprint density at radius 2 is 1.94 bits per heavy atom. The van der Waals surface area contributed by atoms with Crippen molar-refractivity contribution >= 4 is 5.69 Å². The van der Waals surface area contributed by atoms with Gasteiger partial charge in [0, 0.05) is 38.4 Å². The van der Waals surface area contributed by atoms with E-state index in [1.807, 2.05) is 0 Å². The molecule has 1 aromatic carbocycles. The van der Waals surface area contributed by atoms with Crippen molar-refractivity contribution in [2.24, 2.45) is 5.73 Å². The predicted octanol–water partition coefficient (Wildman–Crippen LogP) is 2.24. The van der Waals surface area contributed by atoms with Crippen molar-refractivity contribution < 1.29 is 0 Å². The molecular formula is C15H25N3. The summed E-state index contributed by atoms with van der Waals surface area (Å²) in [4.78, 5) is 4.65. The average Bonchev–Trinajstić information content (AvgIpc) is 2.71. The lowest BCUT2D eigenvalue weighted by Crippen LogP contribution is -2.32. The first-order chi connectivity index (χ1) is 8.63. The Hall–Kier alpha value is -1.06. The second-order valence-electron chi connectivity index (χ2n) is 5.42. The standard InChI is InChI=1S/C15H25N3/c1-4-10-18-11-9-14(16)15(18)12-5-7-13(8-6-12)17(2)3/h5-8,14-15H,4,9-11,16H2,1-3H3. The molecule has 1 aliphatic rings. The van der Waals surface area contributed by atoms with Crippen LogP contribution in [0, 0.1) is 0 Å². The van der Waals surface area contributed by atoms with E-state index in [0.717, 1.165) is 19.5 Å². The molecule has 0 spiro atoms. The third-order valence-electron chi connectivity index (χ3n) is 3.81. The molecular weight excluding hydrogens is 222 g/mol. The molecule has 0 bridgehead atoms. The fourth-order valence-corrected chi connectivity index (χ4v) is 2.85. The summed E-state index contributed by atoms with van der Waals surface area (Å²) < 4.78 is 0. The number of anilines is 1.